The van der Waals surface area contributed by atoms with Crippen molar-refractivity contribution in [2.24, 2.45) is 5.73 Å². The maximum absolute atomic E-state index is 13.7. The number of hydrogen-bond donors (Lipinski definition) is 2. The van der Waals surface area contributed by atoms with E-state index in [0.717, 1.165) is 43.1 Å². The van der Waals surface area contributed by atoms with Crippen molar-refractivity contribution in [1.82, 2.24) is 10.2 Å². The molecule has 32 heavy (non-hydrogen) atoms. The second kappa shape index (κ2) is 12.4. The smallest absolute Gasteiger partial charge is 0.318 e. The van der Waals surface area contributed by atoms with Crippen molar-refractivity contribution < 1.29 is 27.2 Å². The number of nitrogens with two attached hydrogens (primary N) is 1. The van der Waals surface area contributed by atoms with E-state index in [-0.39, 0.29) is 22.1 Å². The molecule has 1 aromatic carbocycles. The van der Waals surface area contributed by atoms with Crippen LogP contribution in [0.5, 0.6) is 0 Å². The molecular formula is C20H28F3N3O3PS2+. The molecule has 0 saturated carbocycles. The zero-order chi connectivity index (χ0) is 23.8. The lowest BCUT2D eigenvalue weighted by Gasteiger charge is -2.16. The highest BCUT2D eigenvalue weighted by atomic mass is 32.2. The molecule has 2 aromatic rings. The van der Waals surface area contributed by atoms with Crippen molar-refractivity contribution >= 4 is 31.4 Å². The summed E-state index contributed by atoms with van der Waals surface area (Å²) in [5.74, 6) is 0.635. The molecule has 2 atom stereocenters. The van der Waals surface area contributed by atoms with Gasteiger partial charge >= 0.3 is 14.4 Å². The van der Waals surface area contributed by atoms with Gasteiger partial charge in [0.05, 0.1) is 11.1 Å². The molecule has 3 N–H and O–H groups in total. The summed E-state index contributed by atoms with van der Waals surface area (Å²) < 4.78 is 56.5. The summed E-state index contributed by atoms with van der Waals surface area (Å²) in [6.07, 6.45) is 2.04. The molecule has 12 heteroatoms. The third kappa shape index (κ3) is 8.35. The summed E-state index contributed by atoms with van der Waals surface area (Å²) >= 11 is 2.24. The molecule has 1 aromatic heterocycles. The van der Waals surface area contributed by atoms with E-state index in [0.29, 0.717) is 10.8 Å². The number of aromatic nitrogens is 2. The van der Waals surface area contributed by atoms with Crippen molar-refractivity contribution in [3.8, 4) is 10.6 Å². The topological polar surface area (TPSA) is 98.3 Å². The molecule has 0 saturated heterocycles. The molecule has 0 bridgehead atoms. The highest BCUT2D eigenvalue weighted by Gasteiger charge is 2.35. The van der Waals surface area contributed by atoms with Crippen LogP contribution in [0, 0.1) is 0 Å². The number of alkyl halides is 3. The van der Waals surface area contributed by atoms with E-state index in [1.165, 1.54) is 30.7 Å². The number of thioether (sulfide) groups is 1. The highest BCUT2D eigenvalue weighted by Crippen LogP contribution is 2.40. The monoisotopic (exact) mass is 510 g/mol. The van der Waals surface area contributed by atoms with Crippen molar-refractivity contribution in [3.05, 3.63) is 28.8 Å². The number of halogens is 3. The van der Waals surface area contributed by atoms with Crippen LogP contribution in [0.1, 0.15) is 62.9 Å². The first-order valence-electron chi connectivity index (χ1n) is 10.3. The van der Waals surface area contributed by atoms with Gasteiger partial charge in [0, 0.05) is 15.0 Å². The quantitative estimate of drug-likeness (QED) is 0.180. The lowest BCUT2D eigenvalue weighted by atomic mass is 10.1. The van der Waals surface area contributed by atoms with E-state index >= 15 is 0 Å². The summed E-state index contributed by atoms with van der Waals surface area (Å²) in [5.41, 5.74) is 4.45. The molecule has 0 fully saturated rings. The van der Waals surface area contributed by atoms with Crippen LogP contribution in [0.25, 0.3) is 10.6 Å². The summed E-state index contributed by atoms with van der Waals surface area (Å²) in [6.45, 7) is 3.40. The average molecular weight is 511 g/mol. The minimum Gasteiger partial charge on any atom is -0.318 e. The van der Waals surface area contributed by atoms with Gasteiger partial charge in [-0.3, -0.25) is 0 Å². The van der Waals surface area contributed by atoms with E-state index in [1.807, 2.05) is 0 Å². The molecule has 178 valence electrons. The molecular weight excluding hydrogens is 482 g/mol. The van der Waals surface area contributed by atoms with E-state index in [4.69, 9.17) is 10.6 Å². The summed E-state index contributed by atoms with van der Waals surface area (Å²) in [4.78, 5) is 8.99. The first kappa shape index (κ1) is 27.1. The number of unbranched alkanes of at least 4 members (excludes halogenated alkanes) is 5. The van der Waals surface area contributed by atoms with Crippen LogP contribution in [-0.4, -0.2) is 27.5 Å². The maximum atomic E-state index is 13.7. The first-order valence-corrected chi connectivity index (χ1v) is 13.2. The summed E-state index contributed by atoms with van der Waals surface area (Å²) in [7, 11) is -2.83. The van der Waals surface area contributed by atoms with Gasteiger partial charge in [0.25, 0.3) is 0 Å². The Balaban J connectivity index is 2.12. The zero-order valence-electron chi connectivity index (χ0n) is 18.0. The van der Waals surface area contributed by atoms with Crippen LogP contribution in [0.4, 0.5) is 13.2 Å². The second-order valence-corrected chi connectivity index (χ2v) is 10.5. The standard InChI is InChI=1S/C20H27F3N3O3PS2/c1-3-4-5-6-7-8-11-31-16-10-9-14(12-15(16)20(21,22)23)17-25-26-18(32-17)19(2,24)13-29-30(27)28/h9-10,12H,3-8,11,13,24H2,1-2H3/p+1/t19-/m0/s1. The predicted molar refractivity (Wildman–Crippen MR) is 122 cm³/mol. The van der Waals surface area contributed by atoms with Gasteiger partial charge in [0.1, 0.15) is 16.6 Å². The van der Waals surface area contributed by atoms with Gasteiger partial charge in [0.2, 0.25) is 0 Å². The van der Waals surface area contributed by atoms with Gasteiger partial charge in [-0.05, 0) is 31.2 Å². The van der Waals surface area contributed by atoms with E-state index in [1.54, 1.807) is 13.0 Å². The third-order valence-electron chi connectivity index (χ3n) is 4.68. The normalized spacial score (nSPS) is 14.4. The third-order valence-corrected chi connectivity index (χ3v) is 7.44. The molecule has 0 aliphatic carbocycles. The molecule has 0 aliphatic rings. The van der Waals surface area contributed by atoms with Crippen molar-refractivity contribution in [2.45, 2.75) is 69.0 Å². The first-order chi connectivity index (χ1) is 15.0. The van der Waals surface area contributed by atoms with Crippen LogP contribution in [0.2, 0.25) is 0 Å². The minimum absolute atomic E-state index is 0.198. The van der Waals surface area contributed by atoms with Crippen molar-refractivity contribution in [2.75, 3.05) is 12.4 Å². The van der Waals surface area contributed by atoms with Crippen molar-refractivity contribution in [3.63, 3.8) is 0 Å². The fourth-order valence-corrected chi connectivity index (χ4v) is 5.22. The molecule has 0 aliphatic heterocycles. The largest absolute Gasteiger partial charge is 0.694 e. The summed E-state index contributed by atoms with van der Waals surface area (Å²) in [6, 6.07) is 4.16. The Kier molecular flexibility index (Phi) is 10.5. The van der Waals surface area contributed by atoms with Gasteiger partial charge < -0.3 is 5.73 Å². The average Bonchev–Trinajstić information content (AvgIpc) is 3.22. The molecule has 0 amide bonds. The van der Waals surface area contributed by atoms with E-state index in [9.17, 15) is 17.7 Å². The van der Waals surface area contributed by atoms with Crippen molar-refractivity contribution in [1.29, 1.82) is 0 Å². The Labute approximate surface area is 195 Å². The SMILES string of the molecule is CCCCCCCCSc1ccc(-c2nnc([C@@](C)(N)CO[P+](=O)O)s2)cc1C(F)(F)F. The lowest BCUT2D eigenvalue weighted by Crippen LogP contribution is -2.37. The molecule has 1 heterocycles. The van der Waals surface area contributed by atoms with Gasteiger partial charge in [-0.25, -0.2) is 0 Å². The molecule has 6 nitrogen and oxygen atoms in total. The Morgan fingerprint density at radius 2 is 1.88 bits per heavy atom. The van der Waals surface area contributed by atoms with E-state index < -0.39 is 25.5 Å². The number of nitrogens with zero attached hydrogens (tertiary/aromatic N) is 2. The maximum Gasteiger partial charge on any atom is 0.694 e. The number of rotatable bonds is 13. The van der Waals surface area contributed by atoms with Crippen LogP contribution in [0.3, 0.4) is 0 Å². The Morgan fingerprint density at radius 3 is 2.53 bits per heavy atom. The van der Waals surface area contributed by atoms with Crippen LogP contribution in [0.15, 0.2) is 23.1 Å². The highest BCUT2D eigenvalue weighted by molar-refractivity contribution is 7.99. The molecule has 0 radical (unpaired) electrons. The zero-order valence-corrected chi connectivity index (χ0v) is 20.5. The van der Waals surface area contributed by atoms with Crippen LogP contribution in [-0.2, 0) is 20.8 Å². The molecule has 1 unspecified atom stereocenters. The van der Waals surface area contributed by atoms with Gasteiger partial charge in [-0.1, -0.05) is 56.4 Å². The number of benzene rings is 1. The van der Waals surface area contributed by atoms with Gasteiger partial charge in [-0.15, -0.1) is 31.4 Å². The second-order valence-electron chi connectivity index (χ2n) is 7.67. The summed E-state index contributed by atoms with van der Waals surface area (Å²) in [5, 5.41) is 8.49. The Bertz CT molecular complexity index is 894. The minimum atomic E-state index is -4.49. The number of hydrogen-bond acceptors (Lipinski definition) is 7. The van der Waals surface area contributed by atoms with Crippen LogP contribution < -0.4 is 5.73 Å². The van der Waals surface area contributed by atoms with Gasteiger partial charge in [-0.2, -0.15) is 13.2 Å². The predicted octanol–water partition coefficient (Wildman–Crippen LogP) is 6.52. The Hall–Kier alpha value is -1.10. The molecule has 0 spiro atoms. The fourth-order valence-electron chi connectivity index (χ4n) is 2.90. The van der Waals surface area contributed by atoms with E-state index in [2.05, 4.69) is 21.6 Å². The fraction of sp³-hybridized carbons (Fsp3) is 0.600. The van der Waals surface area contributed by atoms with Gasteiger partial charge in [0.15, 0.2) is 0 Å². The lowest BCUT2D eigenvalue weighted by molar-refractivity contribution is -0.139. The molecule has 2 rings (SSSR count). The van der Waals surface area contributed by atoms with Crippen LogP contribution >= 0.6 is 31.4 Å². The Morgan fingerprint density at radius 1 is 1.19 bits per heavy atom.